The van der Waals surface area contributed by atoms with E-state index in [0.29, 0.717) is 36.5 Å². The first kappa shape index (κ1) is 24.0. The molecule has 0 unspecified atom stereocenters. The Kier molecular flexibility index (Phi) is 8.01. The second-order valence-corrected chi connectivity index (χ2v) is 9.38. The minimum Gasteiger partial charge on any atom is -0.497 e. The van der Waals surface area contributed by atoms with Crippen LogP contribution in [0, 0.1) is 0 Å². The van der Waals surface area contributed by atoms with Crippen molar-refractivity contribution in [3.63, 3.8) is 0 Å². The van der Waals surface area contributed by atoms with Crippen LogP contribution >= 0.6 is 15.9 Å². The molecule has 0 atom stereocenters. The monoisotopic (exact) mass is 520 g/mol. The number of hydrogen-bond acceptors (Lipinski definition) is 3. The molecule has 176 valence electrons. The van der Waals surface area contributed by atoms with Gasteiger partial charge in [0.1, 0.15) is 5.75 Å². The fraction of sp³-hybridized carbons (Fsp3) is 0.286. The van der Waals surface area contributed by atoms with Gasteiger partial charge < -0.3 is 14.5 Å². The number of hydrogen-bond donors (Lipinski definition) is 0. The summed E-state index contributed by atoms with van der Waals surface area (Å²) < 4.78 is 6.27. The summed E-state index contributed by atoms with van der Waals surface area (Å²) in [6.45, 7) is 1.77. The lowest BCUT2D eigenvalue weighted by Crippen LogP contribution is -2.35. The van der Waals surface area contributed by atoms with Crippen LogP contribution in [0.1, 0.15) is 52.0 Å². The summed E-state index contributed by atoms with van der Waals surface area (Å²) in [6, 6.07) is 22.7. The molecule has 3 aromatic rings. The van der Waals surface area contributed by atoms with Gasteiger partial charge in [-0.05, 0) is 66.9 Å². The van der Waals surface area contributed by atoms with Crippen molar-refractivity contribution in [3.05, 3.63) is 94.0 Å². The number of rotatable bonds is 3. The molecule has 0 bridgehead atoms. The fourth-order valence-electron chi connectivity index (χ4n) is 4.31. The lowest BCUT2D eigenvalue weighted by Gasteiger charge is -2.28. The molecule has 34 heavy (non-hydrogen) atoms. The van der Waals surface area contributed by atoms with Crippen molar-refractivity contribution in [2.24, 2.45) is 0 Å². The molecule has 2 amide bonds. The highest BCUT2D eigenvalue weighted by atomic mass is 79.9. The highest BCUT2D eigenvalue weighted by Crippen LogP contribution is 2.27. The van der Waals surface area contributed by atoms with E-state index in [1.165, 1.54) is 0 Å². The molecule has 5 nitrogen and oxygen atoms in total. The van der Waals surface area contributed by atoms with Crippen molar-refractivity contribution in [2.45, 2.75) is 32.2 Å². The smallest absolute Gasteiger partial charge is 0.258 e. The van der Waals surface area contributed by atoms with Crippen LogP contribution in [-0.2, 0) is 6.54 Å². The largest absolute Gasteiger partial charge is 0.497 e. The molecule has 0 aromatic heterocycles. The van der Waals surface area contributed by atoms with Crippen LogP contribution in [-0.4, -0.2) is 36.9 Å². The Morgan fingerprint density at radius 2 is 1.53 bits per heavy atom. The van der Waals surface area contributed by atoms with E-state index < -0.39 is 0 Å². The Balaban J connectivity index is 1.68. The topological polar surface area (TPSA) is 49.9 Å². The molecule has 0 N–H and O–H groups in total. The van der Waals surface area contributed by atoms with E-state index in [1.807, 2.05) is 76.5 Å². The minimum absolute atomic E-state index is 0.00669. The summed E-state index contributed by atoms with van der Waals surface area (Å²) in [7, 11) is 1.60. The summed E-state index contributed by atoms with van der Waals surface area (Å²) in [6.07, 6.45) is 3.87. The van der Waals surface area contributed by atoms with Crippen molar-refractivity contribution >= 4 is 33.4 Å². The van der Waals surface area contributed by atoms with E-state index in [1.54, 1.807) is 13.2 Å². The van der Waals surface area contributed by atoms with Crippen molar-refractivity contribution in [1.29, 1.82) is 0 Å². The third kappa shape index (κ3) is 5.68. The Labute approximate surface area is 209 Å². The van der Waals surface area contributed by atoms with Gasteiger partial charge in [-0.2, -0.15) is 0 Å². The second kappa shape index (κ2) is 11.3. The quantitative estimate of drug-likeness (QED) is 0.405. The molecule has 0 fully saturated rings. The average molecular weight is 521 g/mol. The van der Waals surface area contributed by atoms with Crippen LogP contribution in [0.2, 0.25) is 0 Å². The number of carbonyl (C=O) groups excluding carboxylic acids is 2. The molecule has 3 aromatic carbocycles. The first-order valence-electron chi connectivity index (χ1n) is 11.7. The predicted molar refractivity (Wildman–Crippen MR) is 138 cm³/mol. The first-order chi connectivity index (χ1) is 16.6. The molecule has 0 spiro atoms. The average Bonchev–Trinajstić information content (AvgIpc) is 2.91. The summed E-state index contributed by atoms with van der Waals surface area (Å²) in [5, 5.41) is 0. The predicted octanol–water partition coefficient (Wildman–Crippen LogP) is 6.32. The van der Waals surface area contributed by atoms with Crippen LogP contribution in [0.4, 0.5) is 5.69 Å². The van der Waals surface area contributed by atoms with E-state index in [4.69, 9.17) is 4.74 Å². The molecule has 0 saturated carbocycles. The number of para-hydroxylation sites is 1. The summed E-state index contributed by atoms with van der Waals surface area (Å²) in [5.41, 5.74) is 3.07. The molecule has 0 saturated heterocycles. The molecule has 1 aliphatic heterocycles. The highest BCUT2D eigenvalue weighted by molar-refractivity contribution is 9.10. The number of anilines is 1. The lowest BCUT2D eigenvalue weighted by molar-refractivity contribution is 0.0740. The van der Waals surface area contributed by atoms with Crippen molar-refractivity contribution in [1.82, 2.24) is 4.90 Å². The maximum Gasteiger partial charge on any atom is 0.258 e. The Bertz CT molecular complexity index is 1150. The number of methoxy groups -OCH3 is 1. The Morgan fingerprint density at radius 1 is 0.794 bits per heavy atom. The van der Waals surface area contributed by atoms with E-state index in [0.717, 1.165) is 41.4 Å². The first-order valence-corrected chi connectivity index (χ1v) is 12.4. The zero-order valence-corrected chi connectivity index (χ0v) is 21.0. The summed E-state index contributed by atoms with van der Waals surface area (Å²) in [4.78, 5) is 30.8. The maximum absolute atomic E-state index is 13.6. The van der Waals surface area contributed by atoms with Gasteiger partial charge in [-0.25, -0.2) is 0 Å². The summed E-state index contributed by atoms with van der Waals surface area (Å²) in [5.74, 6) is 0.604. The van der Waals surface area contributed by atoms with Gasteiger partial charge in [0.05, 0.1) is 7.11 Å². The zero-order chi connectivity index (χ0) is 23.9. The second-order valence-electron chi connectivity index (χ2n) is 8.47. The third-order valence-corrected chi connectivity index (χ3v) is 6.67. The van der Waals surface area contributed by atoms with Crippen molar-refractivity contribution < 1.29 is 14.3 Å². The maximum atomic E-state index is 13.6. The molecule has 6 heteroatoms. The van der Waals surface area contributed by atoms with Gasteiger partial charge in [0.25, 0.3) is 11.8 Å². The van der Waals surface area contributed by atoms with Crippen molar-refractivity contribution in [3.8, 4) is 5.75 Å². The number of carbonyl (C=O) groups is 2. The lowest BCUT2D eigenvalue weighted by atomic mass is 10.1. The van der Waals surface area contributed by atoms with Crippen LogP contribution < -0.4 is 9.64 Å². The van der Waals surface area contributed by atoms with Gasteiger partial charge in [-0.15, -0.1) is 0 Å². The Morgan fingerprint density at radius 3 is 2.29 bits per heavy atom. The summed E-state index contributed by atoms with van der Waals surface area (Å²) >= 11 is 3.44. The van der Waals surface area contributed by atoms with Gasteiger partial charge >= 0.3 is 0 Å². The molecular formula is C28H29BrN2O3. The molecule has 1 aliphatic rings. The number of nitrogens with zero attached hydrogens (tertiary/aromatic N) is 2. The number of halogens is 1. The van der Waals surface area contributed by atoms with Gasteiger partial charge in [0, 0.05) is 40.9 Å². The third-order valence-electron chi connectivity index (χ3n) is 6.14. The minimum atomic E-state index is -0.0589. The van der Waals surface area contributed by atoms with E-state index in [9.17, 15) is 9.59 Å². The van der Waals surface area contributed by atoms with Gasteiger partial charge in [0.15, 0.2) is 0 Å². The van der Waals surface area contributed by atoms with E-state index >= 15 is 0 Å². The zero-order valence-electron chi connectivity index (χ0n) is 19.4. The SMILES string of the molecule is COc1cccc(C(=O)N2CCCCCCN(C(=O)c3ccc(Br)cc3)Cc3ccccc32)c1. The van der Waals surface area contributed by atoms with Crippen molar-refractivity contribution in [2.75, 3.05) is 25.1 Å². The highest BCUT2D eigenvalue weighted by Gasteiger charge is 2.24. The number of benzene rings is 3. The van der Waals surface area contributed by atoms with Crippen LogP contribution in [0.15, 0.2) is 77.3 Å². The van der Waals surface area contributed by atoms with Gasteiger partial charge in [-0.3, -0.25) is 9.59 Å². The van der Waals surface area contributed by atoms with Gasteiger partial charge in [0.2, 0.25) is 0 Å². The number of amides is 2. The van der Waals surface area contributed by atoms with Crippen LogP contribution in [0.5, 0.6) is 5.75 Å². The van der Waals surface area contributed by atoms with Crippen LogP contribution in [0.3, 0.4) is 0 Å². The molecule has 4 rings (SSSR count). The van der Waals surface area contributed by atoms with Crippen LogP contribution in [0.25, 0.3) is 0 Å². The van der Waals surface area contributed by atoms with E-state index in [-0.39, 0.29) is 11.8 Å². The van der Waals surface area contributed by atoms with E-state index in [2.05, 4.69) is 15.9 Å². The van der Waals surface area contributed by atoms with Gasteiger partial charge in [-0.1, -0.05) is 53.0 Å². The molecule has 0 radical (unpaired) electrons. The molecular weight excluding hydrogens is 492 g/mol. The number of fused-ring (bicyclic) bond motifs is 1. The fourth-order valence-corrected chi connectivity index (χ4v) is 4.57. The normalized spacial score (nSPS) is 14.6. The number of ether oxygens (including phenoxy) is 1. The molecule has 0 aliphatic carbocycles. The standard InChI is InChI=1S/C28H29BrN2O3/c1-34-25-11-8-10-22(19-25)28(33)31-18-7-3-2-6-17-30(20-23-9-4-5-12-26(23)31)27(32)21-13-15-24(29)16-14-21/h4-5,8-16,19H,2-3,6-7,17-18,20H2,1H3. The molecule has 1 heterocycles. The Hall–Kier alpha value is -3.12.